The van der Waals surface area contributed by atoms with Crippen LogP contribution >= 0.6 is 0 Å². The molecule has 0 radical (unpaired) electrons. The van der Waals surface area contributed by atoms with Crippen LogP contribution < -0.4 is 16.6 Å². The summed E-state index contributed by atoms with van der Waals surface area (Å²) in [5.74, 6) is -0.525. The van der Waals surface area contributed by atoms with E-state index in [-0.39, 0.29) is 28.3 Å². The van der Waals surface area contributed by atoms with E-state index >= 15 is 0 Å². The summed E-state index contributed by atoms with van der Waals surface area (Å²) in [6, 6.07) is 6.81. The number of hydrogen-bond acceptors (Lipinski definition) is 10. The molecule has 0 atom stereocenters. The summed E-state index contributed by atoms with van der Waals surface area (Å²) < 4.78 is 11.1. The van der Waals surface area contributed by atoms with E-state index in [9.17, 15) is 9.59 Å². The smallest absolute Gasteiger partial charge is 0.293 e. The van der Waals surface area contributed by atoms with Gasteiger partial charge >= 0.3 is 0 Å². The van der Waals surface area contributed by atoms with Crippen molar-refractivity contribution in [3.8, 4) is 5.82 Å². The molecule has 0 aliphatic carbocycles. The molecule has 0 aliphatic rings. The average molecular weight is 380 g/mol. The zero-order valence-electron chi connectivity index (χ0n) is 14.4. The van der Waals surface area contributed by atoms with Crippen molar-refractivity contribution in [1.82, 2.24) is 30.7 Å². The number of amides is 1. The molecule has 3 heterocycles. The van der Waals surface area contributed by atoms with Crippen LogP contribution in [0.3, 0.4) is 0 Å². The second-order valence-electron chi connectivity index (χ2n) is 5.62. The maximum absolute atomic E-state index is 12.4. The number of hydrogen-bond donors (Lipinski definition) is 2. The fourth-order valence-corrected chi connectivity index (χ4v) is 2.47. The molecule has 0 bridgehead atoms. The molecule has 3 N–H and O–H groups in total. The molecular weight excluding hydrogens is 368 g/mol. The van der Waals surface area contributed by atoms with Crippen molar-refractivity contribution >= 4 is 28.9 Å². The van der Waals surface area contributed by atoms with Gasteiger partial charge < -0.3 is 10.2 Å². The highest BCUT2D eigenvalue weighted by Gasteiger charge is 2.20. The Hall–Kier alpha value is -4.35. The third-order valence-electron chi connectivity index (χ3n) is 3.88. The van der Waals surface area contributed by atoms with E-state index in [1.807, 2.05) is 0 Å². The molecule has 4 rings (SSSR count). The van der Waals surface area contributed by atoms with Gasteiger partial charge in [0.1, 0.15) is 11.8 Å². The minimum atomic E-state index is -0.639. The number of hydrazone groups is 1. The topological polar surface area (TPSA) is 167 Å². The number of carbonyl (C=O) groups is 1. The first kappa shape index (κ1) is 17.1. The van der Waals surface area contributed by atoms with Gasteiger partial charge in [-0.15, -0.1) is 5.10 Å². The maximum Gasteiger partial charge on any atom is 0.293 e. The molecular formula is C16H12N8O4. The third kappa shape index (κ3) is 2.88. The van der Waals surface area contributed by atoms with Crippen LogP contribution in [0.25, 0.3) is 16.8 Å². The van der Waals surface area contributed by atoms with E-state index in [2.05, 4.69) is 35.8 Å². The molecule has 0 spiro atoms. The number of nitrogen functional groups attached to an aromatic ring is 1. The molecule has 12 heteroatoms. The monoisotopic (exact) mass is 380 g/mol. The molecule has 0 fully saturated rings. The Kier molecular flexibility index (Phi) is 4.12. The number of anilines is 1. The fourth-order valence-electron chi connectivity index (χ4n) is 2.47. The Morgan fingerprint density at radius 1 is 1.32 bits per heavy atom. The molecule has 140 valence electrons. The van der Waals surface area contributed by atoms with Crippen molar-refractivity contribution in [3.63, 3.8) is 0 Å². The lowest BCUT2D eigenvalue weighted by atomic mass is 10.2. The first-order valence-corrected chi connectivity index (χ1v) is 7.91. The fraction of sp³-hybridized carbons (Fsp3) is 0.0625. The number of fused-ring (bicyclic) bond motifs is 1. The van der Waals surface area contributed by atoms with Crippen molar-refractivity contribution in [1.29, 1.82) is 0 Å². The minimum absolute atomic E-state index is 0.000934. The summed E-state index contributed by atoms with van der Waals surface area (Å²) in [5, 5.41) is 18.8. The molecule has 28 heavy (non-hydrogen) atoms. The number of nitrogens with one attached hydrogen (secondary N) is 1. The highest BCUT2D eigenvalue weighted by molar-refractivity contribution is 5.94. The van der Waals surface area contributed by atoms with Gasteiger partial charge in [-0.2, -0.15) is 9.78 Å². The molecule has 3 aromatic heterocycles. The predicted octanol–water partition coefficient (Wildman–Crippen LogP) is 0.411. The van der Waals surface area contributed by atoms with E-state index in [4.69, 9.17) is 10.2 Å². The van der Waals surface area contributed by atoms with Gasteiger partial charge in [0, 0.05) is 0 Å². The van der Waals surface area contributed by atoms with E-state index < -0.39 is 5.91 Å². The van der Waals surface area contributed by atoms with Crippen LogP contribution in [0.15, 0.2) is 49.5 Å². The standard InChI is InChI=1S/C16H12N8O4/c1-8-12(19-23-24(8)15-14(17)21-28-22-15)16(26)20-18-6-9-7-27-11-5-3-2-4-10(11)13(9)25/h2-7H,1H3,(H2,17,21)(H,20,26)/b18-6-. The summed E-state index contributed by atoms with van der Waals surface area (Å²) in [7, 11) is 0. The lowest BCUT2D eigenvalue weighted by Crippen LogP contribution is -2.20. The van der Waals surface area contributed by atoms with Crippen molar-refractivity contribution in [3.05, 3.63) is 57.7 Å². The number of benzene rings is 1. The van der Waals surface area contributed by atoms with Crippen molar-refractivity contribution in [2.24, 2.45) is 5.10 Å². The molecule has 1 aromatic carbocycles. The van der Waals surface area contributed by atoms with Crippen molar-refractivity contribution in [2.75, 3.05) is 5.73 Å². The largest absolute Gasteiger partial charge is 0.463 e. The molecule has 0 unspecified atom stereocenters. The van der Waals surface area contributed by atoms with E-state index in [1.165, 1.54) is 17.2 Å². The second kappa shape index (κ2) is 6.75. The number of nitrogens with two attached hydrogens (primary N) is 1. The van der Waals surface area contributed by atoms with Crippen LogP contribution in [0.4, 0.5) is 5.82 Å². The normalized spacial score (nSPS) is 11.3. The SMILES string of the molecule is Cc1c(C(=O)N/N=C\c2coc3ccccc3c2=O)nnn1-c1nonc1N. The van der Waals surface area contributed by atoms with E-state index in [0.29, 0.717) is 16.7 Å². The molecule has 0 saturated heterocycles. The molecule has 0 saturated carbocycles. The van der Waals surface area contributed by atoms with Gasteiger partial charge in [-0.1, -0.05) is 17.3 Å². The summed E-state index contributed by atoms with van der Waals surface area (Å²) in [5.41, 5.74) is 8.60. The summed E-state index contributed by atoms with van der Waals surface area (Å²) >= 11 is 0. The Labute approximate surface area is 155 Å². The summed E-state index contributed by atoms with van der Waals surface area (Å²) in [6.45, 7) is 1.59. The molecule has 1 amide bonds. The second-order valence-corrected chi connectivity index (χ2v) is 5.62. The van der Waals surface area contributed by atoms with Gasteiger partial charge in [-0.05, 0) is 29.4 Å². The first-order valence-electron chi connectivity index (χ1n) is 7.91. The Balaban J connectivity index is 1.54. The van der Waals surface area contributed by atoms with E-state index in [1.54, 1.807) is 31.2 Å². The highest BCUT2D eigenvalue weighted by Crippen LogP contribution is 2.14. The quantitative estimate of drug-likeness (QED) is 0.376. The number of carbonyl (C=O) groups excluding carboxylic acids is 1. The van der Waals surface area contributed by atoms with Gasteiger partial charge in [0.05, 0.1) is 22.9 Å². The van der Waals surface area contributed by atoms with Crippen molar-refractivity contribution < 1.29 is 13.8 Å². The zero-order valence-corrected chi connectivity index (χ0v) is 14.4. The van der Waals surface area contributed by atoms with Crippen LogP contribution in [-0.2, 0) is 0 Å². The van der Waals surface area contributed by atoms with Crippen LogP contribution in [0.5, 0.6) is 0 Å². The zero-order chi connectivity index (χ0) is 19.7. The molecule has 12 nitrogen and oxygen atoms in total. The van der Waals surface area contributed by atoms with Crippen LogP contribution in [0.2, 0.25) is 0 Å². The lowest BCUT2D eigenvalue weighted by Gasteiger charge is -1.99. The van der Waals surface area contributed by atoms with Gasteiger partial charge in [-0.3, -0.25) is 9.59 Å². The summed E-state index contributed by atoms with van der Waals surface area (Å²) in [4.78, 5) is 24.7. The van der Waals surface area contributed by atoms with Crippen LogP contribution in [0.1, 0.15) is 21.7 Å². The van der Waals surface area contributed by atoms with E-state index in [0.717, 1.165) is 0 Å². The Morgan fingerprint density at radius 3 is 2.93 bits per heavy atom. The number of nitrogens with zero attached hydrogens (tertiary/aromatic N) is 6. The molecule has 0 aliphatic heterocycles. The first-order chi connectivity index (χ1) is 13.6. The summed E-state index contributed by atoms with van der Waals surface area (Å²) in [6.07, 6.45) is 2.46. The Morgan fingerprint density at radius 2 is 2.14 bits per heavy atom. The lowest BCUT2D eigenvalue weighted by molar-refractivity contribution is 0.0949. The van der Waals surface area contributed by atoms with Gasteiger partial charge in [0.25, 0.3) is 5.91 Å². The minimum Gasteiger partial charge on any atom is -0.463 e. The molecule has 4 aromatic rings. The van der Waals surface area contributed by atoms with Crippen LogP contribution in [0, 0.1) is 6.92 Å². The predicted molar refractivity (Wildman–Crippen MR) is 95.9 cm³/mol. The Bertz CT molecular complexity index is 1270. The third-order valence-corrected chi connectivity index (χ3v) is 3.88. The van der Waals surface area contributed by atoms with Crippen LogP contribution in [-0.4, -0.2) is 37.4 Å². The van der Waals surface area contributed by atoms with Crippen molar-refractivity contribution in [2.45, 2.75) is 6.92 Å². The van der Waals surface area contributed by atoms with Gasteiger partial charge in [0.15, 0.2) is 5.69 Å². The van der Waals surface area contributed by atoms with Gasteiger partial charge in [-0.25, -0.2) is 10.1 Å². The maximum atomic E-state index is 12.4. The highest BCUT2D eigenvalue weighted by atomic mass is 16.6. The number of para-hydroxylation sites is 1. The number of aromatic nitrogens is 5. The number of rotatable bonds is 4. The van der Waals surface area contributed by atoms with Gasteiger partial charge in [0.2, 0.25) is 17.1 Å². The average Bonchev–Trinajstić information content (AvgIpc) is 3.28.